The van der Waals surface area contributed by atoms with E-state index >= 15 is 0 Å². The Balaban J connectivity index is 1.87. The predicted octanol–water partition coefficient (Wildman–Crippen LogP) is 0.783. The van der Waals surface area contributed by atoms with Crippen LogP contribution in [-0.4, -0.2) is 55.5 Å². The number of methoxy groups -OCH3 is 1. The third-order valence-electron chi connectivity index (χ3n) is 2.75. The molecule has 0 aromatic carbocycles. The Bertz CT molecular complexity index is 614. The second-order valence-electron chi connectivity index (χ2n) is 4.44. The largest absolute Gasteiger partial charge is 0.377 e. The lowest BCUT2D eigenvalue weighted by Gasteiger charge is -2.17. The Morgan fingerprint density at radius 3 is 2.91 bits per heavy atom. The SMILES string of the molecule is CCN(Cc1nc(COC)no1)C(=O)CSc1n[nH]c(C)n1. The molecule has 2 aromatic heterocycles. The first-order chi connectivity index (χ1) is 10.6. The van der Waals surface area contributed by atoms with Crippen molar-refractivity contribution in [3.8, 4) is 0 Å². The van der Waals surface area contributed by atoms with Crippen LogP contribution in [0.15, 0.2) is 9.68 Å². The van der Waals surface area contributed by atoms with E-state index in [1.165, 1.54) is 11.8 Å². The maximum absolute atomic E-state index is 12.2. The van der Waals surface area contributed by atoms with E-state index in [4.69, 9.17) is 9.26 Å². The van der Waals surface area contributed by atoms with E-state index in [2.05, 4.69) is 25.3 Å². The molecular formula is C12H18N6O3S. The number of nitrogens with one attached hydrogen (secondary N) is 1. The zero-order valence-corrected chi connectivity index (χ0v) is 13.5. The fourth-order valence-electron chi connectivity index (χ4n) is 1.69. The van der Waals surface area contributed by atoms with Crippen LogP contribution in [0.25, 0.3) is 0 Å². The normalized spacial score (nSPS) is 10.9. The summed E-state index contributed by atoms with van der Waals surface area (Å²) in [6.07, 6.45) is 0. The van der Waals surface area contributed by atoms with E-state index in [1.54, 1.807) is 12.0 Å². The van der Waals surface area contributed by atoms with E-state index in [0.29, 0.717) is 23.4 Å². The summed E-state index contributed by atoms with van der Waals surface area (Å²) in [4.78, 5) is 22.2. The van der Waals surface area contributed by atoms with Crippen molar-refractivity contribution in [3.63, 3.8) is 0 Å². The van der Waals surface area contributed by atoms with Crippen molar-refractivity contribution in [2.24, 2.45) is 0 Å². The molecule has 2 rings (SSSR count). The highest BCUT2D eigenvalue weighted by Gasteiger charge is 2.17. The number of rotatable bonds is 8. The lowest BCUT2D eigenvalue weighted by Crippen LogP contribution is -2.31. The summed E-state index contributed by atoms with van der Waals surface area (Å²) in [5, 5.41) is 11.0. The van der Waals surface area contributed by atoms with Gasteiger partial charge in [0.15, 0.2) is 5.82 Å². The highest BCUT2D eigenvalue weighted by Crippen LogP contribution is 2.14. The number of nitrogens with zero attached hydrogens (tertiary/aromatic N) is 5. The van der Waals surface area contributed by atoms with Crippen molar-refractivity contribution >= 4 is 17.7 Å². The molecular weight excluding hydrogens is 308 g/mol. The molecule has 0 radical (unpaired) electrons. The molecule has 120 valence electrons. The summed E-state index contributed by atoms with van der Waals surface area (Å²) < 4.78 is 10.0. The van der Waals surface area contributed by atoms with Crippen LogP contribution in [0.5, 0.6) is 0 Å². The smallest absolute Gasteiger partial charge is 0.246 e. The minimum absolute atomic E-state index is 0.0403. The Labute approximate surface area is 131 Å². The summed E-state index contributed by atoms with van der Waals surface area (Å²) in [5.41, 5.74) is 0. The molecule has 1 amide bonds. The highest BCUT2D eigenvalue weighted by atomic mass is 32.2. The molecule has 0 spiro atoms. The zero-order valence-electron chi connectivity index (χ0n) is 12.7. The van der Waals surface area contributed by atoms with E-state index in [-0.39, 0.29) is 24.8 Å². The van der Waals surface area contributed by atoms with Gasteiger partial charge in [-0.1, -0.05) is 16.9 Å². The lowest BCUT2D eigenvalue weighted by atomic mass is 10.4. The number of aryl methyl sites for hydroxylation is 1. The number of carbonyl (C=O) groups excluding carboxylic acids is 1. The molecule has 2 heterocycles. The Hall–Kier alpha value is -1.94. The standard InChI is InChI=1S/C12H18N6O3S/c1-4-18(5-10-14-9(6-20-3)17-21-10)11(19)7-22-12-13-8(2)15-16-12/h4-7H2,1-3H3,(H,13,15,16). The summed E-state index contributed by atoms with van der Waals surface area (Å²) in [6.45, 7) is 4.81. The first kappa shape index (κ1) is 16.4. The van der Waals surface area contributed by atoms with Crippen molar-refractivity contribution in [2.45, 2.75) is 32.2 Å². The number of amides is 1. The average molecular weight is 326 g/mol. The van der Waals surface area contributed by atoms with Crippen molar-refractivity contribution in [1.29, 1.82) is 0 Å². The van der Waals surface area contributed by atoms with Crippen LogP contribution in [0.2, 0.25) is 0 Å². The predicted molar refractivity (Wildman–Crippen MR) is 77.9 cm³/mol. The molecule has 2 aromatic rings. The second-order valence-corrected chi connectivity index (χ2v) is 5.38. The van der Waals surface area contributed by atoms with Crippen molar-refractivity contribution in [1.82, 2.24) is 30.2 Å². The molecule has 0 aliphatic carbocycles. The Morgan fingerprint density at radius 1 is 1.45 bits per heavy atom. The lowest BCUT2D eigenvalue weighted by molar-refractivity contribution is -0.129. The van der Waals surface area contributed by atoms with E-state index in [9.17, 15) is 4.79 Å². The van der Waals surface area contributed by atoms with Crippen LogP contribution in [-0.2, 0) is 22.7 Å². The van der Waals surface area contributed by atoms with Gasteiger partial charge in [0.25, 0.3) is 0 Å². The maximum atomic E-state index is 12.2. The minimum Gasteiger partial charge on any atom is -0.377 e. The van der Waals surface area contributed by atoms with Crippen LogP contribution >= 0.6 is 11.8 Å². The van der Waals surface area contributed by atoms with Crippen LogP contribution < -0.4 is 0 Å². The third kappa shape index (κ3) is 4.53. The fourth-order valence-corrected chi connectivity index (χ4v) is 2.43. The van der Waals surface area contributed by atoms with Crippen LogP contribution in [0.4, 0.5) is 0 Å². The van der Waals surface area contributed by atoms with Gasteiger partial charge in [-0.05, 0) is 13.8 Å². The van der Waals surface area contributed by atoms with Crippen LogP contribution in [0.3, 0.4) is 0 Å². The molecule has 0 saturated carbocycles. The summed E-state index contributed by atoms with van der Waals surface area (Å²) in [5.74, 6) is 1.79. The molecule has 22 heavy (non-hydrogen) atoms. The molecule has 0 bridgehead atoms. The Kier molecular flexibility index (Phi) is 5.90. The number of aromatic amines is 1. The van der Waals surface area contributed by atoms with Crippen LogP contribution in [0, 0.1) is 6.92 Å². The number of ether oxygens (including phenoxy) is 1. The molecule has 0 aliphatic heterocycles. The van der Waals surface area contributed by atoms with E-state index in [0.717, 1.165) is 5.82 Å². The van der Waals surface area contributed by atoms with Gasteiger partial charge in [0.2, 0.25) is 17.0 Å². The zero-order chi connectivity index (χ0) is 15.9. The van der Waals surface area contributed by atoms with Gasteiger partial charge in [-0.2, -0.15) is 4.98 Å². The number of hydrogen-bond donors (Lipinski definition) is 1. The van der Waals surface area contributed by atoms with Gasteiger partial charge < -0.3 is 14.2 Å². The summed E-state index contributed by atoms with van der Waals surface area (Å²) >= 11 is 1.29. The molecule has 0 saturated heterocycles. The van der Waals surface area contributed by atoms with Gasteiger partial charge in [0.05, 0.1) is 12.3 Å². The molecule has 0 aliphatic rings. The average Bonchev–Trinajstić information content (AvgIpc) is 3.12. The van der Waals surface area contributed by atoms with Gasteiger partial charge in [0, 0.05) is 13.7 Å². The van der Waals surface area contributed by atoms with Crippen molar-refractivity contribution in [3.05, 3.63) is 17.5 Å². The molecule has 0 atom stereocenters. The highest BCUT2D eigenvalue weighted by molar-refractivity contribution is 7.99. The summed E-state index contributed by atoms with van der Waals surface area (Å²) in [6, 6.07) is 0. The van der Waals surface area contributed by atoms with E-state index < -0.39 is 0 Å². The Morgan fingerprint density at radius 2 is 2.27 bits per heavy atom. The molecule has 1 N–H and O–H groups in total. The number of H-pyrrole nitrogens is 1. The van der Waals surface area contributed by atoms with E-state index in [1.807, 2.05) is 13.8 Å². The molecule has 0 unspecified atom stereocenters. The topological polar surface area (TPSA) is 110 Å². The monoisotopic (exact) mass is 326 g/mol. The second kappa shape index (κ2) is 7.90. The molecule has 0 fully saturated rings. The first-order valence-electron chi connectivity index (χ1n) is 6.72. The summed E-state index contributed by atoms with van der Waals surface area (Å²) in [7, 11) is 1.56. The molecule has 10 heteroatoms. The quantitative estimate of drug-likeness (QED) is 0.709. The van der Waals surface area contributed by atoms with Gasteiger partial charge >= 0.3 is 0 Å². The van der Waals surface area contributed by atoms with Crippen molar-refractivity contribution in [2.75, 3.05) is 19.4 Å². The number of carbonyl (C=O) groups is 1. The van der Waals surface area contributed by atoms with Crippen molar-refractivity contribution < 1.29 is 14.1 Å². The number of hydrogen-bond acceptors (Lipinski definition) is 8. The number of thioether (sulfide) groups is 1. The minimum atomic E-state index is -0.0403. The van der Waals surface area contributed by atoms with Crippen LogP contribution in [0.1, 0.15) is 24.5 Å². The number of aromatic nitrogens is 5. The molecule has 9 nitrogen and oxygen atoms in total. The first-order valence-corrected chi connectivity index (χ1v) is 7.71. The van der Waals surface area contributed by atoms with Gasteiger partial charge in [-0.25, -0.2) is 4.98 Å². The maximum Gasteiger partial charge on any atom is 0.246 e. The van der Waals surface area contributed by atoms with Gasteiger partial charge in [-0.15, -0.1) is 5.10 Å². The third-order valence-corrected chi connectivity index (χ3v) is 3.58. The fraction of sp³-hybridized carbons (Fsp3) is 0.583. The van der Waals surface area contributed by atoms with Gasteiger partial charge in [-0.3, -0.25) is 9.89 Å². The van der Waals surface area contributed by atoms with Gasteiger partial charge in [0.1, 0.15) is 12.4 Å².